The first-order chi connectivity index (χ1) is 11.5. The monoisotopic (exact) mass is 336 g/mol. The Morgan fingerprint density at radius 1 is 0.917 bits per heavy atom. The van der Waals surface area contributed by atoms with Crippen LogP contribution in [0.25, 0.3) is 11.1 Å². The van der Waals surface area contributed by atoms with Gasteiger partial charge in [-0.1, -0.05) is 54.6 Å². The molecule has 3 nitrogen and oxygen atoms in total. The van der Waals surface area contributed by atoms with Crippen LogP contribution in [-0.2, 0) is 11.0 Å². The van der Waals surface area contributed by atoms with E-state index in [2.05, 4.69) is 12.1 Å². The van der Waals surface area contributed by atoms with Gasteiger partial charge in [-0.2, -0.15) is 0 Å². The SMILES string of the molecule is Cc1cc(Cc2ccccc2)cc2c1P(=O)(O)Oc1ccccc1-2. The lowest BCUT2D eigenvalue weighted by Crippen LogP contribution is -2.20. The average molecular weight is 336 g/mol. The first kappa shape index (κ1) is 15.2. The third kappa shape index (κ3) is 2.56. The van der Waals surface area contributed by atoms with Crippen LogP contribution in [0.3, 0.4) is 0 Å². The van der Waals surface area contributed by atoms with Gasteiger partial charge < -0.3 is 9.42 Å². The van der Waals surface area contributed by atoms with E-state index in [0.717, 1.165) is 28.7 Å². The van der Waals surface area contributed by atoms with Crippen molar-refractivity contribution in [1.82, 2.24) is 0 Å². The van der Waals surface area contributed by atoms with Crippen molar-refractivity contribution in [2.75, 3.05) is 0 Å². The standard InChI is InChI=1S/C20H17O3P/c1-14-11-16(12-15-7-3-2-4-8-15)13-18-17-9-5-6-10-19(17)23-24(21,22)20(14)18/h2-11,13H,12H2,1H3,(H,21,22). The summed E-state index contributed by atoms with van der Waals surface area (Å²) in [6.45, 7) is 1.87. The zero-order chi connectivity index (χ0) is 16.7. The number of hydrogen-bond donors (Lipinski definition) is 1. The lowest BCUT2D eigenvalue weighted by molar-refractivity contribution is 0.392. The molecule has 0 fully saturated rings. The van der Waals surface area contributed by atoms with E-state index in [1.165, 1.54) is 5.56 Å². The van der Waals surface area contributed by atoms with Gasteiger partial charge in [0, 0.05) is 11.1 Å². The minimum Gasteiger partial charge on any atom is -0.421 e. The Balaban J connectivity index is 1.89. The molecule has 1 aliphatic heterocycles. The van der Waals surface area contributed by atoms with Gasteiger partial charge in [-0.15, -0.1) is 0 Å². The smallest absolute Gasteiger partial charge is 0.409 e. The molecule has 0 aromatic heterocycles. The maximum absolute atomic E-state index is 12.6. The lowest BCUT2D eigenvalue weighted by atomic mass is 9.96. The van der Waals surface area contributed by atoms with Crippen LogP contribution in [0.4, 0.5) is 0 Å². The fourth-order valence-electron chi connectivity index (χ4n) is 3.32. The van der Waals surface area contributed by atoms with Crippen molar-refractivity contribution in [2.45, 2.75) is 13.3 Å². The van der Waals surface area contributed by atoms with Gasteiger partial charge in [-0.25, -0.2) is 4.57 Å². The van der Waals surface area contributed by atoms with Crippen LogP contribution >= 0.6 is 7.60 Å². The summed E-state index contributed by atoms with van der Waals surface area (Å²) in [5.74, 6) is 0.465. The van der Waals surface area contributed by atoms with Gasteiger partial charge in [0.15, 0.2) is 0 Å². The predicted octanol–water partition coefficient (Wildman–Crippen LogP) is 4.46. The normalized spacial score (nSPS) is 18.4. The minimum atomic E-state index is -3.85. The Bertz CT molecular complexity index is 964. The molecule has 1 unspecified atom stereocenters. The van der Waals surface area contributed by atoms with Crippen molar-refractivity contribution >= 4 is 12.9 Å². The lowest BCUT2D eigenvalue weighted by Gasteiger charge is -2.26. The molecule has 0 spiro atoms. The number of hydrogen-bond acceptors (Lipinski definition) is 2. The van der Waals surface area contributed by atoms with E-state index in [1.807, 2.05) is 55.5 Å². The maximum atomic E-state index is 12.6. The molecule has 0 radical (unpaired) electrons. The summed E-state index contributed by atoms with van der Waals surface area (Å²) in [5.41, 5.74) is 4.79. The zero-order valence-electron chi connectivity index (χ0n) is 13.3. The van der Waals surface area contributed by atoms with Crippen molar-refractivity contribution in [3.8, 4) is 16.9 Å². The minimum absolute atomic E-state index is 0.415. The van der Waals surface area contributed by atoms with Gasteiger partial charge in [0.05, 0.1) is 5.30 Å². The van der Waals surface area contributed by atoms with Gasteiger partial charge >= 0.3 is 7.60 Å². The summed E-state index contributed by atoms with van der Waals surface area (Å²) in [6.07, 6.45) is 0.785. The molecule has 0 bridgehead atoms. The summed E-state index contributed by atoms with van der Waals surface area (Å²) in [4.78, 5) is 10.4. The summed E-state index contributed by atoms with van der Waals surface area (Å²) in [7, 11) is -3.85. The van der Waals surface area contributed by atoms with E-state index in [1.54, 1.807) is 6.07 Å². The van der Waals surface area contributed by atoms with Crippen molar-refractivity contribution in [3.63, 3.8) is 0 Å². The maximum Gasteiger partial charge on any atom is 0.409 e. The van der Waals surface area contributed by atoms with Gasteiger partial charge in [-0.05, 0) is 42.2 Å². The van der Waals surface area contributed by atoms with E-state index >= 15 is 0 Å². The Morgan fingerprint density at radius 3 is 2.42 bits per heavy atom. The quantitative estimate of drug-likeness (QED) is 0.703. The molecule has 4 rings (SSSR count). The molecule has 1 heterocycles. The Kier molecular flexibility index (Phi) is 3.56. The van der Waals surface area contributed by atoms with Crippen LogP contribution in [0.5, 0.6) is 5.75 Å². The molecule has 3 aromatic carbocycles. The molecule has 3 aromatic rings. The third-order valence-electron chi connectivity index (χ3n) is 4.29. The van der Waals surface area contributed by atoms with Crippen LogP contribution in [0.2, 0.25) is 0 Å². The van der Waals surface area contributed by atoms with Gasteiger partial charge in [0.1, 0.15) is 5.75 Å². The van der Waals surface area contributed by atoms with E-state index in [0.29, 0.717) is 11.1 Å². The fourth-order valence-corrected chi connectivity index (χ4v) is 4.83. The molecule has 1 aliphatic rings. The molecular formula is C20H17O3P. The molecule has 0 saturated carbocycles. The summed E-state index contributed by atoms with van der Waals surface area (Å²) in [6, 6.07) is 21.6. The van der Waals surface area contributed by atoms with Gasteiger partial charge in [0.25, 0.3) is 0 Å². The highest BCUT2D eigenvalue weighted by Crippen LogP contribution is 2.52. The summed E-state index contributed by atoms with van der Waals surface area (Å²) >= 11 is 0. The number of aryl methyl sites for hydroxylation is 1. The molecule has 1 N–H and O–H groups in total. The van der Waals surface area contributed by atoms with Crippen molar-refractivity contribution < 1.29 is 14.0 Å². The van der Waals surface area contributed by atoms with Gasteiger partial charge in [0.2, 0.25) is 0 Å². The van der Waals surface area contributed by atoms with Gasteiger partial charge in [-0.3, -0.25) is 0 Å². The fraction of sp³-hybridized carbons (Fsp3) is 0.100. The molecule has 24 heavy (non-hydrogen) atoms. The highest BCUT2D eigenvalue weighted by molar-refractivity contribution is 7.62. The predicted molar refractivity (Wildman–Crippen MR) is 96.0 cm³/mol. The largest absolute Gasteiger partial charge is 0.421 e. The van der Waals surface area contributed by atoms with Crippen molar-refractivity contribution in [1.29, 1.82) is 0 Å². The second kappa shape index (κ2) is 5.62. The molecule has 0 amide bonds. The number of fused-ring (bicyclic) bond motifs is 3. The molecule has 1 atom stereocenters. The van der Waals surface area contributed by atoms with Crippen LogP contribution < -0.4 is 9.83 Å². The van der Waals surface area contributed by atoms with Crippen molar-refractivity contribution in [2.24, 2.45) is 0 Å². The van der Waals surface area contributed by atoms with E-state index in [-0.39, 0.29) is 0 Å². The Morgan fingerprint density at radius 2 is 1.62 bits per heavy atom. The molecular weight excluding hydrogens is 319 g/mol. The molecule has 0 aliphatic carbocycles. The van der Waals surface area contributed by atoms with Crippen LogP contribution in [0.1, 0.15) is 16.7 Å². The Hall–Kier alpha value is -2.35. The zero-order valence-corrected chi connectivity index (χ0v) is 14.2. The second-order valence-corrected chi connectivity index (χ2v) is 7.75. The molecule has 120 valence electrons. The first-order valence-electron chi connectivity index (χ1n) is 7.84. The summed E-state index contributed by atoms with van der Waals surface area (Å²) in [5, 5.41) is 0.415. The highest BCUT2D eigenvalue weighted by atomic mass is 31.2. The van der Waals surface area contributed by atoms with Crippen LogP contribution in [0.15, 0.2) is 66.7 Å². The average Bonchev–Trinajstić information content (AvgIpc) is 2.54. The molecule has 0 saturated heterocycles. The summed E-state index contributed by atoms with van der Waals surface area (Å²) < 4.78 is 18.0. The highest BCUT2D eigenvalue weighted by Gasteiger charge is 2.36. The van der Waals surface area contributed by atoms with Crippen LogP contribution in [0, 0.1) is 6.92 Å². The Labute approximate surface area is 141 Å². The third-order valence-corrected chi connectivity index (χ3v) is 5.90. The number of rotatable bonds is 2. The van der Waals surface area contributed by atoms with E-state index in [9.17, 15) is 9.46 Å². The number of para-hydroxylation sites is 1. The number of benzene rings is 3. The van der Waals surface area contributed by atoms with Crippen LogP contribution in [-0.4, -0.2) is 4.89 Å². The second-order valence-electron chi connectivity index (χ2n) is 6.08. The van der Waals surface area contributed by atoms with Crippen molar-refractivity contribution in [3.05, 3.63) is 83.4 Å². The van der Waals surface area contributed by atoms with E-state index in [4.69, 9.17) is 4.52 Å². The first-order valence-corrected chi connectivity index (χ1v) is 9.42. The molecule has 4 heteroatoms. The van der Waals surface area contributed by atoms with E-state index < -0.39 is 7.60 Å². The topological polar surface area (TPSA) is 46.5 Å².